The van der Waals surface area contributed by atoms with Crippen molar-refractivity contribution in [3.63, 3.8) is 0 Å². The van der Waals surface area contributed by atoms with Gasteiger partial charge in [-0.2, -0.15) is 0 Å². The number of pyridine rings is 1. The minimum absolute atomic E-state index is 0.244. The lowest BCUT2D eigenvalue weighted by Gasteiger charge is -2.19. The van der Waals surface area contributed by atoms with Crippen LogP contribution in [-0.4, -0.2) is 43.2 Å². The number of aliphatic imine (C=N–C) groups is 1. The van der Waals surface area contributed by atoms with Gasteiger partial charge in [0.25, 0.3) is 0 Å². The molecule has 0 amide bonds. The highest BCUT2D eigenvalue weighted by atomic mass is 32.2. The monoisotopic (exact) mass is 447 g/mol. The third-order valence-electron chi connectivity index (χ3n) is 4.57. The van der Waals surface area contributed by atoms with E-state index in [2.05, 4.69) is 15.3 Å². The van der Waals surface area contributed by atoms with Crippen LogP contribution in [0, 0.1) is 0 Å². The number of sulfonamides is 1. The number of hydrogen-bond acceptors (Lipinski definition) is 5. The SMILES string of the molecule is CS(=O)(=O)N(CCCCCCCCN=C(N)Nc1ccncc1)OCc1ccccc1. The summed E-state index contributed by atoms with van der Waals surface area (Å²) in [7, 11) is -3.40. The topological polar surface area (TPSA) is 110 Å². The summed E-state index contributed by atoms with van der Waals surface area (Å²) in [6, 6.07) is 13.2. The highest BCUT2D eigenvalue weighted by Crippen LogP contribution is 2.11. The fraction of sp³-hybridized carbons (Fsp3) is 0.455. The summed E-state index contributed by atoms with van der Waals surface area (Å²) in [4.78, 5) is 13.8. The zero-order valence-electron chi connectivity index (χ0n) is 18.1. The smallest absolute Gasteiger partial charge is 0.233 e. The van der Waals surface area contributed by atoms with Crippen LogP contribution in [0.2, 0.25) is 0 Å². The molecule has 1 aromatic carbocycles. The van der Waals surface area contributed by atoms with Crippen molar-refractivity contribution in [3.8, 4) is 0 Å². The second-order valence-electron chi connectivity index (χ2n) is 7.30. The largest absolute Gasteiger partial charge is 0.370 e. The first kappa shape index (κ1) is 24.8. The minimum Gasteiger partial charge on any atom is -0.370 e. The summed E-state index contributed by atoms with van der Waals surface area (Å²) in [6.45, 7) is 1.29. The van der Waals surface area contributed by atoms with Crippen LogP contribution in [0.3, 0.4) is 0 Å². The maximum atomic E-state index is 11.9. The second kappa shape index (κ2) is 13.7. The summed E-state index contributed by atoms with van der Waals surface area (Å²) in [5.41, 5.74) is 7.67. The Kier molecular flexibility index (Phi) is 11.0. The molecule has 0 bridgehead atoms. The molecule has 0 fully saturated rings. The van der Waals surface area contributed by atoms with Crippen molar-refractivity contribution in [1.29, 1.82) is 0 Å². The average Bonchev–Trinajstić information content (AvgIpc) is 2.75. The maximum Gasteiger partial charge on any atom is 0.233 e. The van der Waals surface area contributed by atoms with Crippen LogP contribution in [0.15, 0.2) is 59.9 Å². The van der Waals surface area contributed by atoms with Crippen LogP contribution < -0.4 is 11.1 Å². The molecule has 0 saturated heterocycles. The summed E-state index contributed by atoms with van der Waals surface area (Å²) < 4.78 is 25.0. The lowest BCUT2D eigenvalue weighted by molar-refractivity contribution is -0.0962. The number of hydroxylamine groups is 1. The van der Waals surface area contributed by atoms with Crippen LogP contribution in [0.5, 0.6) is 0 Å². The number of nitrogens with zero attached hydrogens (tertiary/aromatic N) is 3. The van der Waals surface area contributed by atoms with Crippen LogP contribution in [0.25, 0.3) is 0 Å². The van der Waals surface area contributed by atoms with Crippen molar-refractivity contribution < 1.29 is 13.3 Å². The molecule has 0 spiro atoms. The first-order valence-electron chi connectivity index (χ1n) is 10.6. The summed E-state index contributed by atoms with van der Waals surface area (Å²) in [6.07, 6.45) is 10.4. The van der Waals surface area contributed by atoms with Crippen LogP contribution in [-0.2, 0) is 21.5 Å². The number of nitrogens with two attached hydrogens (primary N) is 1. The van der Waals surface area contributed by atoms with Gasteiger partial charge < -0.3 is 11.1 Å². The van der Waals surface area contributed by atoms with E-state index in [0.29, 0.717) is 19.0 Å². The van der Waals surface area contributed by atoms with Crippen molar-refractivity contribution >= 4 is 21.7 Å². The van der Waals surface area contributed by atoms with Gasteiger partial charge in [-0.1, -0.05) is 60.5 Å². The Morgan fingerprint density at radius 1 is 1.03 bits per heavy atom. The van der Waals surface area contributed by atoms with Crippen molar-refractivity contribution in [2.24, 2.45) is 10.7 Å². The van der Waals surface area contributed by atoms with Gasteiger partial charge in [-0.3, -0.25) is 14.8 Å². The molecule has 170 valence electrons. The Labute approximate surface area is 185 Å². The molecule has 1 aromatic heterocycles. The Morgan fingerprint density at radius 2 is 1.68 bits per heavy atom. The third kappa shape index (κ3) is 10.9. The van der Waals surface area contributed by atoms with E-state index in [1.807, 2.05) is 42.5 Å². The predicted octanol–water partition coefficient (Wildman–Crippen LogP) is 3.54. The van der Waals surface area contributed by atoms with E-state index in [1.165, 1.54) is 6.26 Å². The first-order valence-corrected chi connectivity index (χ1v) is 12.4. The van der Waals surface area contributed by atoms with Crippen molar-refractivity contribution in [2.75, 3.05) is 24.7 Å². The number of nitrogens with one attached hydrogen (secondary N) is 1. The highest BCUT2D eigenvalue weighted by molar-refractivity contribution is 7.88. The normalized spacial score (nSPS) is 12.3. The fourth-order valence-corrected chi connectivity index (χ4v) is 3.63. The van der Waals surface area contributed by atoms with E-state index in [4.69, 9.17) is 10.6 Å². The molecule has 0 aliphatic rings. The number of guanidine groups is 1. The Morgan fingerprint density at radius 3 is 2.35 bits per heavy atom. The second-order valence-corrected chi connectivity index (χ2v) is 9.17. The van der Waals surface area contributed by atoms with Crippen LogP contribution in [0.4, 0.5) is 5.69 Å². The number of rotatable bonds is 14. The van der Waals surface area contributed by atoms with E-state index >= 15 is 0 Å². The molecule has 9 heteroatoms. The average molecular weight is 448 g/mol. The molecule has 0 atom stereocenters. The molecular weight excluding hydrogens is 414 g/mol. The predicted molar refractivity (Wildman–Crippen MR) is 125 cm³/mol. The number of unbranched alkanes of at least 4 members (excludes halogenated alkanes) is 5. The lowest BCUT2D eigenvalue weighted by atomic mass is 10.1. The Hall–Kier alpha value is -2.49. The molecule has 8 nitrogen and oxygen atoms in total. The summed E-state index contributed by atoms with van der Waals surface area (Å²) in [5, 5.41) is 3.03. The number of hydrogen-bond donors (Lipinski definition) is 2. The summed E-state index contributed by atoms with van der Waals surface area (Å²) in [5.74, 6) is 0.405. The molecule has 31 heavy (non-hydrogen) atoms. The highest BCUT2D eigenvalue weighted by Gasteiger charge is 2.17. The minimum atomic E-state index is -3.40. The van der Waals surface area contributed by atoms with Crippen molar-refractivity contribution in [3.05, 3.63) is 60.4 Å². The van der Waals surface area contributed by atoms with Crippen molar-refractivity contribution in [1.82, 2.24) is 9.45 Å². The van der Waals surface area contributed by atoms with E-state index in [-0.39, 0.29) is 6.61 Å². The molecule has 0 unspecified atom stereocenters. The molecule has 2 rings (SSSR count). The summed E-state index contributed by atoms with van der Waals surface area (Å²) >= 11 is 0. The number of anilines is 1. The Bertz CT molecular complexity index is 877. The molecule has 0 aliphatic carbocycles. The Balaban J connectivity index is 1.55. The quantitative estimate of drug-likeness (QED) is 0.198. The third-order valence-corrected chi connectivity index (χ3v) is 5.60. The maximum absolute atomic E-state index is 11.9. The molecule has 0 aliphatic heterocycles. The van der Waals surface area contributed by atoms with Crippen LogP contribution in [0.1, 0.15) is 44.1 Å². The van der Waals surface area contributed by atoms with E-state index in [9.17, 15) is 8.42 Å². The molecule has 3 N–H and O–H groups in total. The van der Waals surface area contributed by atoms with Gasteiger partial charge in [-0.15, -0.1) is 0 Å². The van der Waals surface area contributed by atoms with Gasteiger partial charge in [0.15, 0.2) is 5.96 Å². The van der Waals surface area contributed by atoms with Gasteiger partial charge in [0.2, 0.25) is 10.0 Å². The molecule has 1 heterocycles. The van der Waals surface area contributed by atoms with E-state index < -0.39 is 10.0 Å². The van der Waals surface area contributed by atoms with Gasteiger partial charge >= 0.3 is 0 Å². The number of aromatic nitrogens is 1. The van der Waals surface area contributed by atoms with Crippen LogP contribution >= 0.6 is 0 Å². The van der Waals surface area contributed by atoms with Crippen molar-refractivity contribution in [2.45, 2.75) is 45.1 Å². The molecule has 0 saturated carbocycles. The standard InChI is InChI=1S/C22H33N5O3S/c1-31(28,29)27(30-19-20-11-7-6-8-12-20)18-10-5-3-2-4-9-15-25-22(23)26-21-13-16-24-17-14-21/h6-8,11-14,16-17H,2-5,9-10,15,18-19H2,1H3,(H3,23,24,25,26). The van der Waals surface area contributed by atoms with E-state index in [1.54, 1.807) is 12.4 Å². The van der Waals surface area contributed by atoms with Gasteiger partial charge in [0, 0.05) is 31.2 Å². The molecule has 0 radical (unpaired) electrons. The fourth-order valence-electron chi connectivity index (χ4n) is 2.93. The van der Waals surface area contributed by atoms with Gasteiger partial charge in [0.1, 0.15) is 0 Å². The lowest BCUT2D eigenvalue weighted by Crippen LogP contribution is -2.31. The molecule has 2 aromatic rings. The zero-order chi connectivity index (χ0) is 22.4. The van der Waals surface area contributed by atoms with Gasteiger partial charge in [-0.05, 0) is 30.5 Å². The molecular formula is C22H33N5O3S. The number of benzene rings is 1. The zero-order valence-corrected chi connectivity index (χ0v) is 18.9. The van der Waals surface area contributed by atoms with Gasteiger partial charge in [-0.25, -0.2) is 8.42 Å². The van der Waals surface area contributed by atoms with E-state index in [0.717, 1.165) is 54.2 Å². The first-order chi connectivity index (χ1) is 14.9. The van der Waals surface area contributed by atoms with Gasteiger partial charge in [0.05, 0.1) is 12.9 Å².